The average Bonchev–Trinajstić information content (AvgIpc) is 2.91. The third-order valence-electron chi connectivity index (χ3n) is 5.01. The van der Waals surface area contributed by atoms with Crippen LogP contribution in [0.3, 0.4) is 0 Å². The molecule has 24 heavy (non-hydrogen) atoms. The lowest BCUT2D eigenvalue weighted by Gasteiger charge is -2.24. The van der Waals surface area contributed by atoms with Crippen molar-refractivity contribution in [2.45, 2.75) is 25.3 Å². The second-order valence-corrected chi connectivity index (χ2v) is 7.53. The highest BCUT2D eigenvalue weighted by Crippen LogP contribution is 2.39. The summed E-state index contributed by atoms with van der Waals surface area (Å²) < 4.78 is 6.58. The van der Waals surface area contributed by atoms with Crippen LogP contribution in [0, 0.1) is 5.92 Å². The molecule has 2 nitrogen and oxygen atoms in total. The Labute approximate surface area is 152 Å². The zero-order valence-corrected chi connectivity index (χ0v) is 15.3. The number of rotatable bonds is 3. The minimum Gasteiger partial charge on any atom is -0.382 e. The van der Waals surface area contributed by atoms with Crippen molar-refractivity contribution in [1.29, 1.82) is 0 Å². The standard InChI is InChI=1S/C21H22BrNO/c22-17-3-1-2-16(14-17)21-8-5-15-4-6-18(7-9-20(15)21)23-19-10-12-24-13-11-19/h1-8,14,19-20,23H,9-13H2/t20-/m0/s1. The number of ether oxygens (including phenoxy) is 1. The molecule has 1 aromatic rings. The monoisotopic (exact) mass is 383 g/mol. The largest absolute Gasteiger partial charge is 0.382 e. The summed E-state index contributed by atoms with van der Waals surface area (Å²) in [5.74, 6) is 0.463. The Balaban J connectivity index is 1.49. The summed E-state index contributed by atoms with van der Waals surface area (Å²) >= 11 is 3.59. The number of fused-ring (bicyclic) bond motifs is 1. The van der Waals surface area contributed by atoms with Crippen LogP contribution >= 0.6 is 15.9 Å². The van der Waals surface area contributed by atoms with Crippen molar-refractivity contribution >= 4 is 21.5 Å². The summed E-state index contributed by atoms with van der Waals surface area (Å²) in [6.07, 6.45) is 14.6. The summed E-state index contributed by atoms with van der Waals surface area (Å²) in [7, 11) is 0. The zero-order valence-electron chi connectivity index (χ0n) is 13.7. The van der Waals surface area contributed by atoms with E-state index in [1.54, 1.807) is 0 Å². The fourth-order valence-corrected chi connectivity index (χ4v) is 4.08. The lowest BCUT2D eigenvalue weighted by atomic mass is 9.88. The van der Waals surface area contributed by atoms with Gasteiger partial charge in [-0.05, 0) is 54.2 Å². The van der Waals surface area contributed by atoms with Crippen molar-refractivity contribution in [2.24, 2.45) is 5.92 Å². The molecule has 3 heteroatoms. The van der Waals surface area contributed by atoms with Crippen LogP contribution in [-0.4, -0.2) is 19.3 Å². The van der Waals surface area contributed by atoms with Gasteiger partial charge in [-0.25, -0.2) is 0 Å². The van der Waals surface area contributed by atoms with E-state index in [4.69, 9.17) is 4.74 Å². The first-order chi connectivity index (χ1) is 11.8. The topological polar surface area (TPSA) is 21.3 Å². The molecule has 0 saturated carbocycles. The van der Waals surface area contributed by atoms with Crippen molar-refractivity contribution in [3.63, 3.8) is 0 Å². The van der Waals surface area contributed by atoms with E-state index < -0.39 is 0 Å². The van der Waals surface area contributed by atoms with Gasteiger partial charge in [0.05, 0.1) is 0 Å². The highest BCUT2D eigenvalue weighted by molar-refractivity contribution is 9.10. The Kier molecular flexibility index (Phi) is 4.72. The third-order valence-corrected chi connectivity index (χ3v) is 5.51. The van der Waals surface area contributed by atoms with Gasteiger partial charge < -0.3 is 10.1 Å². The van der Waals surface area contributed by atoms with Gasteiger partial charge in [-0.3, -0.25) is 0 Å². The van der Waals surface area contributed by atoms with E-state index in [0.717, 1.165) is 36.9 Å². The molecule has 1 heterocycles. The van der Waals surface area contributed by atoms with Gasteiger partial charge in [0.15, 0.2) is 0 Å². The van der Waals surface area contributed by atoms with Gasteiger partial charge in [0.1, 0.15) is 0 Å². The highest BCUT2D eigenvalue weighted by atomic mass is 79.9. The van der Waals surface area contributed by atoms with E-state index in [1.165, 1.54) is 22.4 Å². The quantitative estimate of drug-likeness (QED) is 0.792. The maximum Gasteiger partial charge on any atom is 0.0485 e. The van der Waals surface area contributed by atoms with Crippen molar-refractivity contribution in [2.75, 3.05) is 13.2 Å². The van der Waals surface area contributed by atoms with Crippen LogP contribution in [0.25, 0.3) is 5.57 Å². The Morgan fingerprint density at radius 2 is 1.96 bits per heavy atom. The van der Waals surface area contributed by atoms with Crippen molar-refractivity contribution in [1.82, 2.24) is 5.32 Å². The average molecular weight is 384 g/mol. The molecule has 0 unspecified atom stereocenters. The normalized spacial score (nSPS) is 23.9. The fraction of sp³-hybridized carbons (Fsp3) is 0.333. The van der Waals surface area contributed by atoms with Gasteiger partial charge >= 0.3 is 0 Å². The van der Waals surface area contributed by atoms with E-state index in [-0.39, 0.29) is 0 Å². The van der Waals surface area contributed by atoms with Gasteiger partial charge in [0.25, 0.3) is 0 Å². The van der Waals surface area contributed by atoms with Gasteiger partial charge in [0, 0.05) is 35.3 Å². The maximum atomic E-state index is 5.45. The maximum absolute atomic E-state index is 5.45. The van der Waals surface area contributed by atoms with E-state index in [1.807, 2.05) is 0 Å². The SMILES string of the molecule is Brc1cccc(C2=CC=C3C=CC(NC4CCOCC4)=CC[C@@H]32)c1. The second-order valence-electron chi connectivity index (χ2n) is 6.61. The van der Waals surface area contributed by atoms with Crippen LogP contribution in [0.1, 0.15) is 24.8 Å². The molecule has 4 rings (SSSR count). The number of halogens is 1. The molecule has 0 amide bonds. The van der Waals surface area contributed by atoms with Crippen LogP contribution in [-0.2, 0) is 4.74 Å². The molecule has 1 N–H and O–H groups in total. The molecule has 0 bridgehead atoms. The van der Waals surface area contributed by atoms with Crippen LogP contribution in [0.2, 0.25) is 0 Å². The minimum atomic E-state index is 0.463. The molecular weight excluding hydrogens is 362 g/mol. The number of nitrogens with one attached hydrogen (secondary N) is 1. The van der Waals surface area contributed by atoms with Crippen molar-refractivity contribution in [3.05, 3.63) is 76.0 Å². The molecule has 1 aromatic carbocycles. The first kappa shape index (κ1) is 15.9. The van der Waals surface area contributed by atoms with Gasteiger partial charge in [-0.2, -0.15) is 0 Å². The Morgan fingerprint density at radius 1 is 1.08 bits per heavy atom. The first-order valence-corrected chi connectivity index (χ1v) is 9.49. The molecule has 1 saturated heterocycles. The summed E-state index contributed by atoms with van der Waals surface area (Å²) in [5, 5.41) is 3.69. The van der Waals surface area contributed by atoms with E-state index in [0.29, 0.717) is 12.0 Å². The Hall–Kier alpha value is -1.58. The molecule has 0 aromatic heterocycles. The van der Waals surface area contributed by atoms with Gasteiger partial charge in [0.2, 0.25) is 0 Å². The summed E-state index contributed by atoms with van der Waals surface area (Å²) in [6, 6.07) is 9.14. The number of hydrogen-bond acceptors (Lipinski definition) is 2. The smallest absolute Gasteiger partial charge is 0.0485 e. The predicted octanol–water partition coefficient (Wildman–Crippen LogP) is 5.00. The molecule has 124 valence electrons. The minimum absolute atomic E-state index is 0.463. The van der Waals surface area contributed by atoms with Gasteiger partial charge in [-0.1, -0.05) is 52.4 Å². The lowest BCUT2D eigenvalue weighted by molar-refractivity contribution is 0.0806. The van der Waals surface area contributed by atoms with E-state index >= 15 is 0 Å². The molecule has 2 aliphatic carbocycles. The van der Waals surface area contributed by atoms with Crippen LogP contribution in [0.15, 0.2) is 70.4 Å². The molecule has 0 radical (unpaired) electrons. The molecule has 1 atom stereocenters. The lowest BCUT2D eigenvalue weighted by Crippen LogP contribution is -2.33. The van der Waals surface area contributed by atoms with Crippen LogP contribution in [0.4, 0.5) is 0 Å². The summed E-state index contributed by atoms with van der Waals surface area (Å²) in [5.41, 5.74) is 5.39. The summed E-state index contributed by atoms with van der Waals surface area (Å²) in [4.78, 5) is 0. The molecule has 1 aliphatic heterocycles. The zero-order chi connectivity index (χ0) is 16.4. The Bertz CT molecular complexity index is 738. The molecule has 1 fully saturated rings. The number of hydrogen-bond donors (Lipinski definition) is 1. The number of allylic oxidation sites excluding steroid dienone is 7. The number of benzene rings is 1. The third kappa shape index (κ3) is 3.42. The molecular formula is C21H22BrNO. The van der Waals surface area contributed by atoms with Crippen LogP contribution < -0.4 is 5.32 Å². The fourth-order valence-electron chi connectivity index (χ4n) is 3.68. The highest BCUT2D eigenvalue weighted by Gasteiger charge is 2.24. The van der Waals surface area contributed by atoms with Crippen LogP contribution in [0.5, 0.6) is 0 Å². The van der Waals surface area contributed by atoms with Crippen molar-refractivity contribution in [3.8, 4) is 0 Å². The Morgan fingerprint density at radius 3 is 2.79 bits per heavy atom. The predicted molar refractivity (Wildman–Crippen MR) is 103 cm³/mol. The molecule has 3 aliphatic rings. The van der Waals surface area contributed by atoms with Gasteiger partial charge in [-0.15, -0.1) is 0 Å². The summed E-state index contributed by atoms with van der Waals surface area (Å²) in [6.45, 7) is 1.75. The molecule has 0 spiro atoms. The van der Waals surface area contributed by atoms with E-state index in [2.05, 4.69) is 75.9 Å². The van der Waals surface area contributed by atoms with E-state index in [9.17, 15) is 0 Å². The first-order valence-electron chi connectivity index (χ1n) is 8.70. The van der Waals surface area contributed by atoms with Crippen molar-refractivity contribution < 1.29 is 4.74 Å². The second kappa shape index (κ2) is 7.12.